The van der Waals surface area contributed by atoms with Crippen LogP contribution in [-0.2, 0) is 12.1 Å². The summed E-state index contributed by atoms with van der Waals surface area (Å²) in [5.41, 5.74) is 0.318. The smallest absolute Gasteiger partial charge is 0.315 e. The van der Waals surface area contributed by atoms with Crippen molar-refractivity contribution in [3.8, 4) is 5.75 Å². The van der Waals surface area contributed by atoms with Crippen LogP contribution in [0.25, 0.3) is 0 Å². The highest BCUT2D eigenvalue weighted by atomic mass is 19.1. The molecule has 0 fully saturated rings. The number of aliphatic hydroxyl groups is 1. The first-order valence-corrected chi connectivity index (χ1v) is 7.78. The molecule has 6 heteroatoms. The van der Waals surface area contributed by atoms with E-state index in [0.717, 1.165) is 5.56 Å². The number of ether oxygens (including phenoxy) is 1. The van der Waals surface area contributed by atoms with E-state index in [1.807, 2.05) is 12.1 Å². The molecule has 5 nitrogen and oxygen atoms in total. The molecule has 3 rings (SSSR count). The van der Waals surface area contributed by atoms with Gasteiger partial charge in [0.15, 0.2) is 0 Å². The lowest BCUT2D eigenvalue weighted by atomic mass is 9.88. The van der Waals surface area contributed by atoms with Crippen LogP contribution < -0.4 is 15.4 Å². The van der Waals surface area contributed by atoms with Crippen molar-refractivity contribution in [3.63, 3.8) is 0 Å². The molecule has 0 unspecified atom stereocenters. The minimum Gasteiger partial charge on any atom is -0.493 e. The van der Waals surface area contributed by atoms with Gasteiger partial charge in [-0.2, -0.15) is 0 Å². The molecule has 24 heavy (non-hydrogen) atoms. The Labute approximate surface area is 139 Å². The monoisotopic (exact) mass is 330 g/mol. The van der Waals surface area contributed by atoms with Crippen LogP contribution in [0.5, 0.6) is 5.75 Å². The quantitative estimate of drug-likeness (QED) is 0.805. The molecule has 1 atom stereocenters. The van der Waals surface area contributed by atoms with Crippen LogP contribution in [0.4, 0.5) is 9.18 Å². The SMILES string of the molecule is O=C(NCc1ccc(F)cc1)NC[C@]1(O)CCOc2ccccc21. The fourth-order valence-electron chi connectivity index (χ4n) is 2.70. The molecule has 0 aromatic heterocycles. The Balaban J connectivity index is 1.55. The van der Waals surface area contributed by atoms with Crippen molar-refractivity contribution < 1.29 is 19.0 Å². The van der Waals surface area contributed by atoms with E-state index in [2.05, 4.69) is 10.6 Å². The Hall–Kier alpha value is -2.60. The van der Waals surface area contributed by atoms with Crippen LogP contribution in [0, 0.1) is 5.82 Å². The standard InChI is InChI=1S/C18H19FN2O3/c19-14-7-5-13(6-8-14)11-20-17(22)21-12-18(23)9-10-24-16-4-2-1-3-15(16)18/h1-8,23H,9-12H2,(H2,20,21,22)/t18-/m1/s1. The molecule has 0 bridgehead atoms. The van der Waals surface area contributed by atoms with Crippen molar-refractivity contribution in [2.75, 3.05) is 13.2 Å². The maximum absolute atomic E-state index is 12.8. The maximum Gasteiger partial charge on any atom is 0.315 e. The number of nitrogens with one attached hydrogen (secondary N) is 2. The van der Waals surface area contributed by atoms with Crippen molar-refractivity contribution in [3.05, 3.63) is 65.5 Å². The van der Waals surface area contributed by atoms with E-state index in [-0.39, 0.29) is 18.9 Å². The van der Waals surface area contributed by atoms with Gasteiger partial charge < -0.3 is 20.5 Å². The fraction of sp³-hybridized carbons (Fsp3) is 0.278. The highest BCUT2D eigenvalue weighted by molar-refractivity contribution is 5.74. The summed E-state index contributed by atoms with van der Waals surface area (Å²) in [5.74, 6) is 0.323. The van der Waals surface area contributed by atoms with E-state index in [0.29, 0.717) is 24.3 Å². The van der Waals surface area contributed by atoms with Gasteiger partial charge in [-0.15, -0.1) is 0 Å². The first-order valence-electron chi connectivity index (χ1n) is 7.78. The number of rotatable bonds is 4. The molecule has 0 saturated carbocycles. The highest BCUT2D eigenvalue weighted by Crippen LogP contribution is 2.36. The van der Waals surface area contributed by atoms with Gasteiger partial charge in [-0.3, -0.25) is 0 Å². The Bertz CT molecular complexity index is 720. The van der Waals surface area contributed by atoms with E-state index >= 15 is 0 Å². The molecular weight excluding hydrogens is 311 g/mol. The third kappa shape index (κ3) is 3.65. The van der Waals surface area contributed by atoms with Crippen LogP contribution in [0.3, 0.4) is 0 Å². The van der Waals surface area contributed by atoms with Gasteiger partial charge in [0, 0.05) is 18.5 Å². The molecule has 2 amide bonds. The summed E-state index contributed by atoms with van der Waals surface area (Å²) >= 11 is 0. The molecule has 126 valence electrons. The summed E-state index contributed by atoms with van der Waals surface area (Å²) in [6, 6.07) is 12.8. The molecule has 3 N–H and O–H groups in total. The number of amides is 2. The molecule has 1 aliphatic rings. The van der Waals surface area contributed by atoms with Crippen LogP contribution >= 0.6 is 0 Å². The molecule has 1 heterocycles. The predicted octanol–water partition coefficient (Wildman–Crippen LogP) is 2.30. The largest absolute Gasteiger partial charge is 0.493 e. The van der Waals surface area contributed by atoms with Gasteiger partial charge >= 0.3 is 6.03 Å². The molecule has 0 aliphatic carbocycles. The average molecular weight is 330 g/mol. The lowest BCUT2D eigenvalue weighted by Gasteiger charge is -2.34. The minimum atomic E-state index is -1.15. The topological polar surface area (TPSA) is 70.6 Å². The maximum atomic E-state index is 12.8. The number of carbonyl (C=O) groups excluding carboxylic acids is 1. The van der Waals surface area contributed by atoms with Crippen molar-refractivity contribution in [2.24, 2.45) is 0 Å². The zero-order chi connectivity index (χ0) is 17.0. The molecule has 0 saturated heterocycles. The summed E-state index contributed by atoms with van der Waals surface area (Å²) in [7, 11) is 0. The molecular formula is C18H19FN2O3. The summed E-state index contributed by atoms with van der Waals surface area (Å²) in [4.78, 5) is 11.9. The molecule has 2 aromatic rings. The van der Waals surface area contributed by atoms with Crippen molar-refractivity contribution in [1.82, 2.24) is 10.6 Å². The number of hydrogen-bond acceptors (Lipinski definition) is 3. The van der Waals surface area contributed by atoms with E-state index in [1.165, 1.54) is 12.1 Å². The zero-order valence-electron chi connectivity index (χ0n) is 13.1. The number of hydrogen-bond donors (Lipinski definition) is 3. The van der Waals surface area contributed by atoms with Gasteiger partial charge in [-0.1, -0.05) is 30.3 Å². The third-order valence-corrected chi connectivity index (χ3v) is 4.07. The van der Waals surface area contributed by atoms with Crippen molar-refractivity contribution in [2.45, 2.75) is 18.6 Å². The van der Waals surface area contributed by atoms with Crippen molar-refractivity contribution in [1.29, 1.82) is 0 Å². The summed E-state index contributed by atoms with van der Waals surface area (Å²) in [6.07, 6.45) is 0.405. The second-order valence-corrected chi connectivity index (χ2v) is 5.79. The Morgan fingerprint density at radius 1 is 1.17 bits per heavy atom. The van der Waals surface area contributed by atoms with Gasteiger partial charge in [-0.25, -0.2) is 9.18 Å². The first-order chi connectivity index (χ1) is 11.6. The number of carbonyl (C=O) groups is 1. The van der Waals surface area contributed by atoms with Gasteiger partial charge in [0.25, 0.3) is 0 Å². The van der Waals surface area contributed by atoms with Gasteiger partial charge in [-0.05, 0) is 23.8 Å². The number of fused-ring (bicyclic) bond motifs is 1. The van der Waals surface area contributed by atoms with E-state index < -0.39 is 11.6 Å². The number of halogens is 1. The second-order valence-electron chi connectivity index (χ2n) is 5.79. The van der Waals surface area contributed by atoms with E-state index in [9.17, 15) is 14.3 Å². The van der Waals surface area contributed by atoms with Gasteiger partial charge in [0.05, 0.1) is 13.2 Å². The van der Waals surface area contributed by atoms with Gasteiger partial charge in [0.1, 0.15) is 17.2 Å². The summed E-state index contributed by atoms with van der Waals surface area (Å²) < 4.78 is 18.4. The summed E-state index contributed by atoms with van der Waals surface area (Å²) in [6.45, 7) is 0.763. The van der Waals surface area contributed by atoms with Gasteiger partial charge in [0.2, 0.25) is 0 Å². The van der Waals surface area contributed by atoms with Crippen LogP contribution in [0.15, 0.2) is 48.5 Å². The molecule has 2 aromatic carbocycles. The average Bonchev–Trinajstić information content (AvgIpc) is 2.60. The molecule has 0 spiro atoms. The lowest BCUT2D eigenvalue weighted by Crippen LogP contribution is -2.46. The lowest BCUT2D eigenvalue weighted by molar-refractivity contribution is 0.0000627. The Kier molecular flexibility index (Phi) is 4.66. The van der Waals surface area contributed by atoms with E-state index in [4.69, 9.17) is 4.74 Å². The minimum absolute atomic E-state index is 0.0859. The van der Waals surface area contributed by atoms with E-state index in [1.54, 1.807) is 24.3 Å². The predicted molar refractivity (Wildman–Crippen MR) is 87.1 cm³/mol. The number of benzene rings is 2. The number of para-hydroxylation sites is 1. The number of urea groups is 1. The van der Waals surface area contributed by atoms with Crippen LogP contribution in [0.2, 0.25) is 0 Å². The Morgan fingerprint density at radius 3 is 2.71 bits per heavy atom. The fourth-order valence-corrected chi connectivity index (χ4v) is 2.70. The third-order valence-electron chi connectivity index (χ3n) is 4.07. The normalized spacial score (nSPS) is 19.1. The zero-order valence-corrected chi connectivity index (χ0v) is 13.1. The van der Waals surface area contributed by atoms with Crippen molar-refractivity contribution >= 4 is 6.03 Å². The van der Waals surface area contributed by atoms with Crippen LogP contribution in [0.1, 0.15) is 17.5 Å². The summed E-state index contributed by atoms with van der Waals surface area (Å²) in [5, 5.41) is 16.2. The second kappa shape index (κ2) is 6.88. The highest BCUT2D eigenvalue weighted by Gasteiger charge is 2.35. The molecule has 0 radical (unpaired) electrons. The first kappa shape index (κ1) is 16.3. The van der Waals surface area contributed by atoms with Crippen LogP contribution in [-0.4, -0.2) is 24.3 Å². The Morgan fingerprint density at radius 2 is 1.92 bits per heavy atom. The molecule has 1 aliphatic heterocycles.